The number of nitrogens with two attached hydrogens (primary N) is 1. The number of halogens is 1. The van der Waals surface area contributed by atoms with Crippen LogP contribution in [0.1, 0.15) is 49.5 Å². The van der Waals surface area contributed by atoms with Crippen LogP contribution in [0.5, 0.6) is 0 Å². The molecule has 7 heteroatoms. The van der Waals surface area contributed by atoms with Gasteiger partial charge in [-0.25, -0.2) is 0 Å². The normalized spacial score (nSPS) is 19.0. The lowest BCUT2D eigenvalue weighted by molar-refractivity contribution is -0.116. The van der Waals surface area contributed by atoms with E-state index >= 15 is 0 Å². The third kappa shape index (κ3) is 3.80. The molecule has 1 aliphatic heterocycles. The van der Waals surface area contributed by atoms with E-state index in [0.29, 0.717) is 34.1 Å². The van der Waals surface area contributed by atoms with E-state index in [0.717, 1.165) is 36.3 Å². The molecule has 1 aromatic carbocycles. The quantitative estimate of drug-likeness (QED) is 0.514. The van der Waals surface area contributed by atoms with Gasteiger partial charge in [0.2, 0.25) is 0 Å². The number of hydrogen-bond acceptors (Lipinski definition) is 6. The average Bonchev–Trinajstić information content (AvgIpc) is 3.17. The summed E-state index contributed by atoms with van der Waals surface area (Å²) in [6.07, 6.45) is 2.90. The van der Waals surface area contributed by atoms with E-state index in [2.05, 4.69) is 26.0 Å². The number of Topliss-reactive ketones (excluding diaryl/α,β-unsaturated/α-hetero) is 1. The Morgan fingerprint density at radius 2 is 2.10 bits per heavy atom. The fraction of sp³-hybridized carbons (Fsp3) is 0.333. The Kier molecular flexibility index (Phi) is 6.47. The van der Waals surface area contributed by atoms with Gasteiger partial charge in [0.15, 0.2) is 5.78 Å². The molecule has 0 saturated heterocycles. The lowest BCUT2D eigenvalue weighted by atomic mass is 9.76. The molecule has 2 N–H and O–H groups in total. The predicted molar refractivity (Wildman–Crippen MR) is 129 cm³/mol. The number of nitriles is 1. The number of thiophene rings is 1. The second-order valence-electron chi connectivity index (χ2n) is 7.51. The van der Waals surface area contributed by atoms with Gasteiger partial charge < -0.3 is 5.73 Å². The zero-order chi connectivity index (χ0) is 22.1. The summed E-state index contributed by atoms with van der Waals surface area (Å²) in [6, 6.07) is 11.9. The maximum atomic E-state index is 13.3. The van der Waals surface area contributed by atoms with E-state index in [1.54, 1.807) is 29.2 Å². The molecule has 160 valence electrons. The first-order valence-electron chi connectivity index (χ1n) is 10.5. The molecule has 0 radical (unpaired) electrons. The standard InChI is InChI=1S/C24H24ClN3OS2/c1-3-14-12-15(24(31-14)30-4-2)21-16(13-26)23(27)28(18-9-6-5-8-17(18)25)19-10-7-11-20(29)22(19)21/h5-6,8-9,12,21H,3-4,7,10-11,27H2,1-2H3. The smallest absolute Gasteiger partial charge is 0.161 e. The van der Waals surface area contributed by atoms with E-state index in [-0.39, 0.29) is 5.78 Å². The van der Waals surface area contributed by atoms with Gasteiger partial charge in [-0.1, -0.05) is 37.6 Å². The van der Waals surface area contributed by atoms with Crippen molar-refractivity contribution in [1.82, 2.24) is 0 Å². The molecule has 4 rings (SSSR count). The van der Waals surface area contributed by atoms with Crippen molar-refractivity contribution in [2.24, 2.45) is 5.73 Å². The monoisotopic (exact) mass is 469 g/mol. The topological polar surface area (TPSA) is 70.1 Å². The van der Waals surface area contributed by atoms with Gasteiger partial charge in [0, 0.05) is 22.6 Å². The van der Waals surface area contributed by atoms with Gasteiger partial charge in [-0.15, -0.1) is 23.1 Å². The SMILES string of the molecule is CCSc1sc(CC)cc1C1C(C#N)=C(N)N(c2ccccc2Cl)C2=C1C(=O)CCC2. The van der Waals surface area contributed by atoms with Gasteiger partial charge in [0.25, 0.3) is 0 Å². The van der Waals surface area contributed by atoms with Crippen molar-refractivity contribution in [2.75, 3.05) is 10.7 Å². The third-order valence-electron chi connectivity index (χ3n) is 5.72. The van der Waals surface area contributed by atoms with Crippen LogP contribution in [0.15, 0.2) is 57.2 Å². The largest absolute Gasteiger partial charge is 0.384 e. The first kappa shape index (κ1) is 22.0. The van der Waals surface area contributed by atoms with Crippen molar-refractivity contribution in [2.45, 2.75) is 49.7 Å². The van der Waals surface area contributed by atoms with Gasteiger partial charge >= 0.3 is 0 Å². The Labute approximate surface area is 196 Å². The number of nitrogens with zero attached hydrogens (tertiary/aromatic N) is 2. The first-order valence-corrected chi connectivity index (χ1v) is 12.7. The molecule has 2 aliphatic rings. The Morgan fingerprint density at radius 1 is 1.32 bits per heavy atom. The van der Waals surface area contributed by atoms with E-state index in [4.69, 9.17) is 17.3 Å². The van der Waals surface area contributed by atoms with Gasteiger partial charge in [-0.2, -0.15) is 5.26 Å². The van der Waals surface area contributed by atoms with Crippen molar-refractivity contribution in [3.63, 3.8) is 0 Å². The zero-order valence-electron chi connectivity index (χ0n) is 17.6. The molecule has 1 aliphatic carbocycles. The lowest BCUT2D eigenvalue weighted by Crippen LogP contribution is -2.38. The molecule has 0 bridgehead atoms. The van der Waals surface area contributed by atoms with E-state index < -0.39 is 5.92 Å². The number of anilines is 1. The number of rotatable bonds is 5. The molecule has 4 nitrogen and oxygen atoms in total. The summed E-state index contributed by atoms with van der Waals surface area (Å²) in [5.74, 6) is 0.971. The highest BCUT2D eigenvalue weighted by atomic mass is 35.5. The Morgan fingerprint density at radius 3 is 2.77 bits per heavy atom. The summed E-state index contributed by atoms with van der Waals surface area (Å²) >= 11 is 10.0. The zero-order valence-corrected chi connectivity index (χ0v) is 20.0. The molecule has 1 aromatic heterocycles. The maximum Gasteiger partial charge on any atom is 0.161 e. The second kappa shape index (κ2) is 9.12. The molecule has 31 heavy (non-hydrogen) atoms. The maximum absolute atomic E-state index is 13.3. The predicted octanol–water partition coefficient (Wildman–Crippen LogP) is 6.38. The Hall–Kier alpha value is -2.20. The number of ketones is 1. The third-order valence-corrected chi connectivity index (χ3v) is 8.52. The number of carbonyl (C=O) groups excluding carboxylic acids is 1. The fourth-order valence-corrected chi connectivity index (χ4v) is 6.96. The van der Waals surface area contributed by atoms with E-state index in [9.17, 15) is 10.1 Å². The number of para-hydroxylation sites is 1. The van der Waals surface area contributed by atoms with Crippen LogP contribution in [0.4, 0.5) is 5.69 Å². The van der Waals surface area contributed by atoms with Crippen LogP contribution < -0.4 is 10.6 Å². The van der Waals surface area contributed by atoms with Crippen LogP contribution in [0.3, 0.4) is 0 Å². The van der Waals surface area contributed by atoms with Crippen LogP contribution >= 0.6 is 34.7 Å². The minimum atomic E-state index is -0.419. The van der Waals surface area contributed by atoms with Crippen molar-refractivity contribution < 1.29 is 4.79 Å². The molecule has 2 aromatic rings. The number of benzene rings is 1. The number of carbonyl (C=O) groups is 1. The van der Waals surface area contributed by atoms with Crippen molar-refractivity contribution in [3.05, 3.63) is 68.5 Å². The highest BCUT2D eigenvalue weighted by Gasteiger charge is 2.41. The lowest BCUT2D eigenvalue weighted by Gasteiger charge is -2.40. The van der Waals surface area contributed by atoms with Gasteiger partial charge in [0.1, 0.15) is 5.82 Å². The summed E-state index contributed by atoms with van der Waals surface area (Å²) in [5.41, 5.74) is 10.4. The number of thioether (sulfide) groups is 1. The Balaban J connectivity index is 1.99. The molecule has 0 amide bonds. The number of aryl methyl sites for hydroxylation is 1. The second-order valence-corrected chi connectivity index (χ2v) is 10.6. The summed E-state index contributed by atoms with van der Waals surface area (Å²) in [4.78, 5) is 16.4. The van der Waals surface area contributed by atoms with Crippen molar-refractivity contribution in [1.29, 1.82) is 5.26 Å². The summed E-state index contributed by atoms with van der Waals surface area (Å²) in [6.45, 7) is 4.24. The van der Waals surface area contributed by atoms with Crippen LogP contribution in [0.25, 0.3) is 0 Å². The highest BCUT2D eigenvalue weighted by Crippen LogP contribution is 2.50. The first-order chi connectivity index (χ1) is 15.0. The molecule has 1 unspecified atom stereocenters. The van der Waals surface area contributed by atoms with Crippen LogP contribution in [0, 0.1) is 11.3 Å². The molecule has 1 atom stereocenters. The minimum absolute atomic E-state index is 0.0975. The van der Waals surface area contributed by atoms with Crippen LogP contribution in [-0.2, 0) is 11.2 Å². The van der Waals surface area contributed by atoms with Crippen LogP contribution in [0.2, 0.25) is 5.02 Å². The summed E-state index contributed by atoms with van der Waals surface area (Å²) in [5, 5.41) is 10.7. The summed E-state index contributed by atoms with van der Waals surface area (Å²) < 4.78 is 1.17. The molecule has 2 heterocycles. The molecule has 0 spiro atoms. The van der Waals surface area contributed by atoms with E-state index in [1.165, 1.54) is 9.09 Å². The van der Waals surface area contributed by atoms with Gasteiger partial charge in [-0.3, -0.25) is 9.69 Å². The molecular formula is C24H24ClN3OS2. The van der Waals surface area contributed by atoms with E-state index in [1.807, 2.05) is 23.1 Å². The van der Waals surface area contributed by atoms with Gasteiger partial charge in [-0.05, 0) is 48.8 Å². The summed E-state index contributed by atoms with van der Waals surface area (Å²) in [7, 11) is 0. The van der Waals surface area contributed by atoms with Crippen LogP contribution in [-0.4, -0.2) is 11.5 Å². The fourth-order valence-electron chi connectivity index (χ4n) is 4.36. The molecule has 0 fully saturated rings. The minimum Gasteiger partial charge on any atom is -0.384 e. The average molecular weight is 470 g/mol. The highest BCUT2D eigenvalue weighted by molar-refractivity contribution is 8.01. The van der Waals surface area contributed by atoms with Crippen molar-refractivity contribution in [3.8, 4) is 6.07 Å². The van der Waals surface area contributed by atoms with Gasteiger partial charge in [0.05, 0.1) is 32.5 Å². The number of hydrogen-bond donors (Lipinski definition) is 1. The molecule has 0 saturated carbocycles. The van der Waals surface area contributed by atoms with Crippen molar-refractivity contribution >= 4 is 46.2 Å². The molecular weight excluding hydrogens is 446 g/mol. The number of allylic oxidation sites excluding steroid dienone is 3. The Bertz CT molecular complexity index is 1140.